The van der Waals surface area contributed by atoms with Crippen LogP contribution in [0.1, 0.15) is 27.0 Å². The van der Waals surface area contributed by atoms with Crippen molar-refractivity contribution >= 4 is 17.3 Å². The first-order valence-electron chi connectivity index (χ1n) is 6.50. The maximum absolute atomic E-state index is 12.2. The first-order valence-corrected chi connectivity index (χ1v) is 6.50. The van der Waals surface area contributed by atoms with E-state index in [2.05, 4.69) is 5.32 Å². The fourth-order valence-corrected chi connectivity index (χ4v) is 2.23. The zero-order valence-electron chi connectivity index (χ0n) is 11.3. The summed E-state index contributed by atoms with van der Waals surface area (Å²) in [6.07, 6.45) is 0. The van der Waals surface area contributed by atoms with Crippen molar-refractivity contribution in [3.05, 3.63) is 58.7 Å². The van der Waals surface area contributed by atoms with Crippen LogP contribution in [0, 0.1) is 6.92 Å². The van der Waals surface area contributed by atoms with Crippen molar-refractivity contribution in [2.75, 3.05) is 11.1 Å². The van der Waals surface area contributed by atoms with Crippen LogP contribution in [-0.2, 0) is 18.0 Å². The molecule has 3 N–H and O–H groups in total. The number of benzene rings is 2. The summed E-state index contributed by atoms with van der Waals surface area (Å²) >= 11 is 0. The van der Waals surface area contributed by atoms with Gasteiger partial charge in [-0.15, -0.1) is 0 Å². The summed E-state index contributed by atoms with van der Waals surface area (Å²) in [7, 11) is 0. The Labute approximate surface area is 117 Å². The third-order valence-corrected chi connectivity index (χ3v) is 3.52. The van der Waals surface area contributed by atoms with Crippen LogP contribution in [-0.4, -0.2) is 5.91 Å². The molecule has 0 atom stereocenters. The van der Waals surface area contributed by atoms with Gasteiger partial charge in [-0.25, -0.2) is 0 Å². The standard InChI is InChI=1S/C16H16N2O2/c1-10-2-5-14(7-15(10)17)18-16(19)11-3-4-12-8-20-9-13(12)6-11/h2-7H,8-9,17H2,1H3,(H,18,19). The fourth-order valence-electron chi connectivity index (χ4n) is 2.23. The van der Waals surface area contributed by atoms with Gasteiger partial charge in [0.1, 0.15) is 0 Å². The van der Waals surface area contributed by atoms with E-state index in [1.807, 2.05) is 37.3 Å². The number of carbonyl (C=O) groups is 1. The molecule has 0 aliphatic carbocycles. The number of nitrogen functional groups attached to an aromatic ring is 1. The first-order chi connectivity index (χ1) is 9.63. The lowest BCUT2D eigenvalue weighted by Gasteiger charge is -2.08. The van der Waals surface area contributed by atoms with Gasteiger partial charge in [0, 0.05) is 16.9 Å². The number of aryl methyl sites for hydroxylation is 1. The van der Waals surface area contributed by atoms with Gasteiger partial charge in [0.2, 0.25) is 0 Å². The Morgan fingerprint density at radius 1 is 1.15 bits per heavy atom. The Hall–Kier alpha value is -2.33. The van der Waals surface area contributed by atoms with Crippen LogP contribution >= 0.6 is 0 Å². The van der Waals surface area contributed by atoms with E-state index in [9.17, 15) is 4.79 Å². The highest BCUT2D eigenvalue weighted by Gasteiger charge is 2.14. The molecule has 2 aromatic carbocycles. The fraction of sp³-hybridized carbons (Fsp3) is 0.188. The predicted molar refractivity (Wildman–Crippen MR) is 78.5 cm³/mol. The summed E-state index contributed by atoms with van der Waals surface area (Å²) in [6, 6.07) is 11.2. The van der Waals surface area contributed by atoms with E-state index in [4.69, 9.17) is 10.5 Å². The molecule has 0 fully saturated rings. The molecule has 1 aliphatic rings. The number of nitrogens with two attached hydrogens (primary N) is 1. The molecule has 0 unspecified atom stereocenters. The molecule has 0 saturated heterocycles. The van der Waals surface area contributed by atoms with E-state index < -0.39 is 0 Å². The lowest BCUT2D eigenvalue weighted by atomic mass is 10.1. The average Bonchev–Trinajstić information content (AvgIpc) is 2.90. The number of fused-ring (bicyclic) bond motifs is 1. The highest BCUT2D eigenvalue weighted by Crippen LogP contribution is 2.22. The van der Waals surface area contributed by atoms with Crippen LogP contribution in [0.5, 0.6) is 0 Å². The summed E-state index contributed by atoms with van der Waals surface area (Å²) in [5.41, 5.74) is 11.1. The van der Waals surface area contributed by atoms with Crippen LogP contribution in [0.15, 0.2) is 36.4 Å². The van der Waals surface area contributed by atoms with Gasteiger partial charge in [0.05, 0.1) is 13.2 Å². The highest BCUT2D eigenvalue weighted by atomic mass is 16.5. The number of ether oxygens (including phenoxy) is 1. The Balaban J connectivity index is 1.80. The van der Waals surface area contributed by atoms with Crippen molar-refractivity contribution in [1.82, 2.24) is 0 Å². The van der Waals surface area contributed by atoms with Gasteiger partial charge >= 0.3 is 0 Å². The Morgan fingerprint density at radius 3 is 2.75 bits per heavy atom. The smallest absolute Gasteiger partial charge is 0.255 e. The van der Waals surface area contributed by atoms with E-state index in [1.54, 1.807) is 6.07 Å². The van der Waals surface area contributed by atoms with Crippen LogP contribution in [0.2, 0.25) is 0 Å². The molecule has 1 aliphatic heterocycles. The lowest BCUT2D eigenvalue weighted by molar-refractivity contribution is 0.102. The van der Waals surface area contributed by atoms with Crippen LogP contribution in [0.4, 0.5) is 11.4 Å². The van der Waals surface area contributed by atoms with E-state index in [0.717, 1.165) is 16.7 Å². The number of amides is 1. The molecule has 1 heterocycles. The number of nitrogens with one attached hydrogen (secondary N) is 1. The van der Waals surface area contributed by atoms with Gasteiger partial charge in [-0.3, -0.25) is 4.79 Å². The molecule has 1 amide bonds. The largest absolute Gasteiger partial charge is 0.398 e. The molecule has 0 bridgehead atoms. The summed E-state index contributed by atoms with van der Waals surface area (Å²) < 4.78 is 5.35. The van der Waals surface area contributed by atoms with E-state index in [-0.39, 0.29) is 5.91 Å². The number of carbonyl (C=O) groups excluding carboxylic acids is 1. The van der Waals surface area contributed by atoms with Crippen molar-refractivity contribution in [2.24, 2.45) is 0 Å². The Bertz CT molecular complexity index is 680. The van der Waals surface area contributed by atoms with Gasteiger partial charge in [-0.1, -0.05) is 12.1 Å². The molecule has 20 heavy (non-hydrogen) atoms. The zero-order valence-corrected chi connectivity index (χ0v) is 11.3. The van der Waals surface area contributed by atoms with Crippen molar-refractivity contribution in [3.63, 3.8) is 0 Å². The highest BCUT2D eigenvalue weighted by molar-refractivity contribution is 6.04. The van der Waals surface area contributed by atoms with Crippen molar-refractivity contribution in [1.29, 1.82) is 0 Å². The van der Waals surface area contributed by atoms with Crippen molar-refractivity contribution in [3.8, 4) is 0 Å². The lowest BCUT2D eigenvalue weighted by Crippen LogP contribution is -2.12. The van der Waals surface area contributed by atoms with Gasteiger partial charge in [0.25, 0.3) is 5.91 Å². The van der Waals surface area contributed by atoms with Crippen LogP contribution in [0.3, 0.4) is 0 Å². The van der Waals surface area contributed by atoms with Crippen molar-refractivity contribution < 1.29 is 9.53 Å². The maximum atomic E-state index is 12.2. The summed E-state index contributed by atoms with van der Waals surface area (Å²) in [6.45, 7) is 3.14. The van der Waals surface area contributed by atoms with E-state index in [0.29, 0.717) is 30.2 Å². The zero-order chi connectivity index (χ0) is 14.1. The molecule has 0 spiro atoms. The SMILES string of the molecule is Cc1ccc(NC(=O)c2ccc3c(c2)COC3)cc1N. The number of anilines is 2. The van der Waals surface area contributed by atoms with Crippen molar-refractivity contribution in [2.45, 2.75) is 20.1 Å². The first kappa shape index (κ1) is 12.7. The molecule has 4 heteroatoms. The van der Waals surface area contributed by atoms with Gasteiger partial charge in [-0.2, -0.15) is 0 Å². The van der Waals surface area contributed by atoms with E-state index >= 15 is 0 Å². The predicted octanol–water partition coefficient (Wildman–Crippen LogP) is 2.86. The van der Waals surface area contributed by atoms with Gasteiger partial charge in [-0.05, 0) is 47.9 Å². The van der Waals surface area contributed by atoms with Gasteiger partial charge in [0.15, 0.2) is 0 Å². The van der Waals surface area contributed by atoms with E-state index in [1.165, 1.54) is 0 Å². The minimum absolute atomic E-state index is 0.136. The molecule has 2 aromatic rings. The molecule has 102 valence electrons. The molecule has 4 nitrogen and oxygen atoms in total. The normalized spacial score (nSPS) is 13.1. The monoisotopic (exact) mass is 268 g/mol. The second kappa shape index (κ2) is 4.98. The molecule has 0 aromatic heterocycles. The molecule has 0 radical (unpaired) electrons. The molecular formula is C16H16N2O2. The average molecular weight is 268 g/mol. The summed E-state index contributed by atoms with van der Waals surface area (Å²) in [5.74, 6) is -0.136. The topological polar surface area (TPSA) is 64.3 Å². The summed E-state index contributed by atoms with van der Waals surface area (Å²) in [4.78, 5) is 12.2. The van der Waals surface area contributed by atoms with Crippen LogP contribution < -0.4 is 11.1 Å². The third-order valence-electron chi connectivity index (χ3n) is 3.52. The quantitative estimate of drug-likeness (QED) is 0.823. The minimum atomic E-state index is -0.136. The minimum Gasteiger partial charge on any atom is -0.398 e. The molecule has 0 saturated carbocycles. The maximum Gasteiger partial charge on any atom is 0.255 e. The van der Waals surface area contributed by atoms with Crippen LogP contribution in [0.25, 0.3) is 0 Å². The number of hydrogen-bond donors (Lipinski definition) is 2. The third kappa shape index (κ3) is 2.38. The van der Waals surface area contributed by atoms with Gasteiger partial charge < -0.3 is 15.8 Å². The second-order valence-corrected chi connectivity index (χ2v) is 5.00. The molecular weight excluding hydrogens is 252 g/mol. The summed E-state index contributed by atoms with van der Waals surface area (Å²) in [5, 5.41) is 2.86. The second-order valence-electron chi connectivity index (χ2n) is 5.00. The number of rotatable bonds is 2. The Kier molecular flexibility index (Phi) is 3.16. The number of hydrogen-bond acceptors (Lipinski definition) is 3. The molecule has 3 rings (SSSR count). The Morgan fingerprint density at radius 2 is 1.95 bits per heavy atom.